The van der Waals surface area contributed by atoms with E-state index in [-0.39, 0.29) is 24.4 Å². The summed E-state index contributed by atoms with van der Waals surface area (Å²) in [7, 11) is 0. The van der Waals surface area contributed by atoms with Crippen molar-refractivity contribution in [2.45, 2.75) is 45.1 Å². The summed E-state index contributed by atoms with van der Waals surface area (Å²) >= 11 is 0. The van der Waals surface area contributed by atoms with Crippen LogP contribution in [0.3, 0.4) is 0 Å². The molecule has 1 saturated heterocycles. The first-order valence-electron chi connectivity index (χ1n) is 8.26. The third-order valence-electron chi connectivity index (χ3n) is 3.82. The third-order valence-corrected chi connectivity index (χ3v) is 3.82. The molecule has 1 aromatic rings. The summed E-state index contributed by atoms with van der Waals surface area (Å²) < 4.78 is 0. The van der Waals surface area contributed by atoms with Gasteiger partial charge in [-0.25, -0.2) is 4.79 Å². The van der Waals surface area contributed by atoms with Gasteiger partial charge in [0.05, 0.1) is 0 Å². The summed E-state index contributed by atoms with van der Waals surface area (Å²) in [4.78, 5) is 25.8. The average molecular weight is 318 g/mol. The number of amides is 3. The lowest BCUT2D eigenvalue weighted by molar-refractivity contribution is -0.116. The molecule has 126 valence electrons. The van der Waals surface area contributed by atoms with Gasteiger partial charge >= 0.3 is 6.03 Å². The Morgan fingerprint density at radius 2 is 1.57 bits per heavy atom. The molecule has 6 nitrogen and oxygen atoms in total. The highest BCUT2D eigenvalue weighted by Gasteiger charge is 2.15. The molecule has 1 unspecified atom stereocenters. The number of nitrogens with one attached hydrogen (secondary N) is 2. The topological polar surface area (TPSA) is 87.5 Å². The molecule has 1 aromatic carbocycles. The molecule has 0 spiro atoms. The summed E-state index contributed by atoms with van der Waals surface area (Å²) in [5.41, 5.74) is 7.02. The van der Waals surface area contributed by atoms with E-state index in [1.54, 1.807) is 31.2 Å². The fourth-order valence-electron chi connectivity index (χ4n) is 2.62. The lowest BCUT2D eigenvalue weighted by Gasteiger charge is -2.20. The fourth-order valence-corrected chi connectivity index (χ4v) is 2.62. The SMILES string of the molecule is CC(N)CC(=O)Nc1ccc(NC(=O)N2CCCCCC2)cc1. The third kappa shape index (κ3) is 5.90. The molecule has 3 amide bonds. The van der Waals surface area contributed by atoms with Crippen molar-refractivity contribution in [1.82, 2.24) is 4.90 Å². The Bertz CT molecular complexity index is 520. The predicted molar refractivity (Wildman–Crippen MR) is 92.4 cm³/mol. The van der Waals surface area contributed by atoms with Gasteiger partial charge in [-0.1, -0.05) is 12.8 Å². The van der Waals surface area contributed by atoms with Crippen molar-refractivity contribution in [3.8, 4) is 0 Å². The Morgan fingerprint density at radius 1 is 1.04 bits per heavy atom. The number of carbonyl (C=O) groups excluding carboxylic acids is 2. The second-order valence-corrected chi connectivity index (χ2v) is 6.14. The van der Waals surface area contributed by atoms with Crippen molar-refractivity contribution in [2.75, 3.05) is 23.7 Å². The van der Waals surface area contributed by atoms with Crippen molar-refractivity contribution in [2.24, 2.45) is 5.73 Å². The number of nitrogens with two attached hydrogens (primary N) is 1. The van der Waals surface area contributed by atoms with Crippen LogP contribution < -0.4 is 16.4 Å². The van der Waals surface area contributed by atoms with Crippen molar-refractivity contribution in [3.05, 3.63) is 24.3 Å². The minimum atomic E-state index is -0.165. The molecule has 0 radical (unpaired) electrons. The number of carbonyl (C=O) groups is 2. The van der Waals surface area contributed by atoms with Gasteiger partial charge < -0.3 is 21.3 Å². The zero-order chi connectivity index (χ0) is 16.7. The van der Waals surface area contributed by atoms with Gasteiger partial charge in [-0.15, -0.1) is 0 Å². The minimum absolute atomic E-state index is 0.0550. The summed E-state index contributed by atoms with van der Waals surface area (Å²) in [5, 5.41) is 5.69. The van der Waals surface area contributed by atoms with Gasteiger partial charge in [-0.05, 0) is 44.0 Å². The average Bonchev–Trinajstić information content (AvgIpc) is 2.77. The highest BCUT2D eigenvalue weighted by Crippen LogP contribution is 2.16. The lowest BCUT2D eigenvalue weighted by Crippen LogP contribution is -2.35. The molecular weight excluding hydrogens is 292 g/mol. The number of urea groups is 1. The van der Waals surface area contributed by atoms with Gasteiger partial charge in [0.25, 0.3) is 0 Å². The zero-order valence-electron chi connectivity index (χ0n) is 13.7. The summed E-state index contributed by atoms with van der Waals surface area (Å²) in [5.74, 6) is -0.110. The number of nitrogens with zero attached hydrogens (tertiary/aromatic N) is 1. The van der Waals surface area contributed by atoms with E-state index in [4.69, 9.17) is 5.73 Å². The molecule has 6 heteroatoms. The first-order chi connectivity index (χ1) is 11.0. The molecule has 0 saturated carbocycles. The van der Waals surface area contributed by atoms with Gasteiger partial charge in [0.15, 0.2) is 0 Å². The Morgan fingerprint density at radius 3 is 2.09 bits per heavy atom. The number of hydrogen-bond acceptors (Lipinski definition) is 3. The molecule has 0 aliphatic carbocycles. The van der Waals surface area contributed by atoms with E-state index >= 15 is 0 Å². The second kappa shape index (κ2) is 8.53. The van der Waals surface area contributed by atoms with Gasteiger partial charge in [-0.3, -0.25) is 4.79 Å². The van der Waals surface area contributed by atoms with Crippen molar-refractivity contribution >= 4 is 23.3 Å². The Balaban J connectivity index is 1.86. The normalized spacial score (nSPS) is 16.3. The van der Waals surface area contributed by atoms with E-state index in [1.807, 2.05) is 4.90 Å². The quantitative estimate of drug-likeness (QED) is 0.797. The van der Waals surface area contributed by atoms with Gasteiger partial charge in [0.2, 0.25) is 5.91 Å². The van der Waals surface area contributed by atoms with Crippen LogP contribution in [0.15, 0.2) is 24.3 Å². The summed E-state index contributed by atoms with van der Waals surface area (Å²) in [6.07, 6.45) is 4.81. The lowest BCUT2D eigenvalue weighted by atomic mass is 10.2. The predicted octanol–water partition coefficient (Wildman–Crippen LogP) is 2.77. The second-order valence-electron chi connectivity index (χ2n) is 6.14. The van der Waals surface area contributed by atoms with Crippen LogP contribution in [0, 0.1) is 0 Å². The van der Waals surface area contributed by atoms with E-state index in [9.17, 15) is 9.59 Å². The van der Waals surface area contributed by atoms with E-state index in [1.165, 1.54) is 12.8 Å². The molecule has 0 aromatic heterocycles. The van der Waals surface area contributed by atoms with E-state index < -0.39 is 0 Å². The maximum atomic E-state index is 12.2. The molecule has 23 heavy (non-hydrogen) atoms. The molecule has 2 rings (SSSR count). The van der Waals surface area contributed by atoms with Crippen LogP contribution in [0.5, 0.6) is 0 Å². The number of rotatable bonds is 4. The number of hydrogen-bond donors (Lipinski definition) is 3. The van der Waals surface area contributed by atoms with Crippen LogP contribution in [0.25, 0.3) is 0 Å². The first-order valence-corrected chi connectivity index (χ1v) is 8.26. The van der Waals surface area contributed by atoms with Crippen molar-refractivity contribution in [1.29, 1.82) is 0 Å². The summed E-state index contributed by atoms with van der Waals surface area (Å²) in [6, 6.07) is 6.91. The number of anilines is 2. The van der Waals surface area contributed by atoms with Crippen molar-refractivity contribution < 1.29 is 9.59 Å². The Kier molecular flexibility index (Phi) is 6.40. The van der Waals surface area contributed by atoms with Crippen LogP contribution in [0.4, 0.5) is 16.2 Å². The van der Waals surface area contributed by atoms with Crippen LogP contribution in [0.2, 0.25) is 0 Å². The minimum Gasteiger partial charge on any atom is -0.327 e. The van der Waals surface area contributed by atoms with Crippen molar-refractivity contribution in [3.63, 3.8) is 0 Å². The molecule has 1 atom stereocenters. The standard InChI is InChI=1S/C17H26N4O2/c1-13(18)12-16(22)19-14-6-8-15(9-7-14)20-17(23)21-10-4-2-3-5-11-21/h6-9,13H,2-5,10-12,18H2,1H3,(H,19,22)(H,20,23). The maximum Gasteiger partial charge on any atom is 0.321 e. The van der Waals surface area contributed by atoms with Crippen LogP contribution in [-0.2, 0) is 4.79 Å². The molecule has 1 heterocycles. The van der Waals surface area contributed by atoms with E-state index in [0.29, 0.717) is 5.69 Å². The fraction of sp³-hybridized carbons (Fsp3) is 0.529. The highest BCUT2D eigenvalue weighted by atomic mass is 16.2. The van der Waals surface area contributed by atoms with E-state index in [2.05, 4.69) is 10.6 Å². The molecule has 1 aliphatic rings. The Labute approximate surface area is 137 Å². The van der Waals surface area contributed by atoms with Gasteiger partial charge in [0, 0.05) is 36.9 Å². The molecule has 1 aliphatic heterocycles. The van der Waals surface area contributed by atoms with E-state index in [0.717, 1.165) is 31.6 Å². The molecule has 1 fully saturated rings. The van der Waals surface area contributed by atoms with Crippen LogP contribution >= 0.6 is 0 Å². The largest absolute Gasteiger partial charge is 0.327 e. The maximum absolute atomic E-state index is 12.2. The Hall–Kier alpha value is -2.08. The monoisotopic (exact) mass is 318 g/mol. The van der Waals surface area contributed by atoms with Crippen LogP contribution in [0.1, 0.15) is 39.0 Å². The molecule has 0 bridgehead atoms. The zero-order valence-corrected chi connectivity index (χ0v) is 13.7. The highest BCUT2D eigenvalue weighted by molar-refractivity contribution is 5.92. The first kappa shape index (κ1) is 17.3. The smallest absolute Gasteiger partial charge is 0.321 e. The molecular formula is C17H26N4O2. The summed E-state index contributed by atoms with van der Waals surface area (Å²) in [6.45, 7) is 3.43. The molecule has 4 N–H and O–H groups in total. The number of benzene rings is 1. The van der Waals surface area contributed by atoms with Crippen LogP contribution in [-0.4, -0.2) is 36.0 Å². The van der Waals surface area contributed by atoms with Gasteiger partial charge in [-0.2, -0.15) is 0 Å². The number of likely N-dealkylation sites (tertiary alicyclic amines) is 1. The van der Waals surface area contributed by atoms with Gasteiger partial charge in [0.1, 0.15) is 0 Å².